The number of esters is 2. The van der Waals surface area contributed by atoms with E-state index in [1.54, 1.807) is 0 Å². The highest BCUT2D eigenvalue weighted by molar-refractivity contribution is 5.91. The summed E-state index contributed by atoms with van der Waals surface area (Å²) in [4.78, 5) is 23.2. The maximum absolute atomic E-state index is 11.7. The molecule has 0 aromatic heterocycles. The molecule has 2 rings (SSSR count). The van der Waals surface area contributed by atoms with Crippen molar-refractivity contribution in [2.45, 2.75) is 39.2 Å². The summed E-state index contributed by atoms with van der Waals surface area (Å²) in [5, 5.41) is 0. The Balaban J connectivity index is 1.68. The number of hydrogen-bond donors (Lipinski definition) is 0. The first-order valence-electron chi connectivity index (χ1n) is 9.51. The molecule has 0 fully saturated rings. The number of ether oxygens (including phenoxy) is 3. The van der Waals surface area contributed by atoms with Gasteiger partial charge in [0.1, 0.15) is 18.1 Å². The van der Waals surface area contributed by atoms with Crippen LogP contribution in [0.4, 0.5) is 0 Å². The summed E-state index contributed by atoms with van der Waals surface area (Å²) in [6.07, 6.45) is 6.30. The lowest BCUT2D eigenvalue weighted by atomic mass is 10.2. The van der Waals surface area contributed by atoms with E-state index in [9.17, 15) is 9.59 Å². The van der Waals surface area contributed by atoms with Crippen LogP contribution >= 0.6 is 0 Å². The second kappa shape index (κ2) is 12.3. The molecule has 28 heavy (non-hydrogen) atoms. The van der Waals surface area contributed by atoms with Gasteiger partial charge in [-0.25, -0.2) is 9.59 Å². The number of hydrogen-bond acceptors (Lipinski definition) is 5. The van der Waals surface area contributed by atoms with Gasteiger partial charge in [0, 0.05) is 12.2 Å². The molecule has 0 bridgehead atoms. The van der Waals surface area contributed by atoms with Crippen LogP contribution in [0, 0.1) is 0 Å². The third kappa shape index (κ3) is 8.54. The van der Waals surface area contributed by atoms with Crippen LogP contribution < -0.4 is 4.74 Å². The Hall–Kier alpha value is -3.08. The van der Waals surface area contributed by atoms with Crippen molar-refractivity contribution in [3.63, 3.8) is 0 Å². The molecular formula is C23H26O5. The largest absolute Gasteiger partial charge is 0.463 e. The zero-order valence-corrected chi connectivity index (χ0v) is 16.1. The molecule has 0 aliphatic carbocycles. The van der Waals surface area contributed by atoms with Gasteiger partial charge >= 0.3 is 11.9 Å². The maximum Gasteiger partial charge on any atom is 0.331 e. The minimum Gasteiger partial charge on any atom is -0.463 e. The van der Waals surface area contributed by atoms with Crippen LogP contribution in [0.25, 0.3) is 0 Å². The standard InChI is InChI=1S/C23H26O5/c1-2-3-4-8-17-26-22(24)15-16-23(25)27-18-19-11-13-21(14-12-19)28-20-9-6-5-7-10-20/h5-7,9-16H,2-4,8,17-18H2,1H3/b16-15+. The molecule has 0 spiro atoms. The summed E-state index contributed by atoms with van der Waals surface area (Å²) < 4.78 is 15.8. The van der Waals surface area contributed by atoms with Gasteiger partial charge in [-0.15, -0.1) is 0 Å². The van der Waals surface area contributed by atoms with Crippen molar-refractivity contribution in [1.29, 1.82) is 0 Å². The highest BCUT2D eigenvalue weighted by Gasteiger charge is 2.03. The van der Waals surface area contributed by atoms with E-state index in [4.69, 9.17) is 14.2 Å². The topological polar surface area (TPSA) is 61.8 Å². The first kappa shape index (κ1) is 21.2. The van der Waals surface area contributed by atoms with Crippen molar-refractivity contribution < 1.29 is 23.8 Å². The average Bonchev–Trinajstić information content (AvgIpc) is 2.72. The number of carbonyl (C=O) groups excluding carboxylic acids is 2. The fourth-order valence-corrected chi connectivity index (χ4v) is 2.37. The molecule has 2 aromatic rings. The molecule has 0 radical (unpaired) electrons. The van der Waals surface area contributed by atoms with Crippen molar-refractivity contribution in [2.75, 3.05) is 6.61 Å². The van der Waals surface area contributed by atoms with E-state index in [0.717, 1.165) is 49.1 Å². The lowest BCUT2D eigenvalue weighted by Crippen LogP contribution is -2.05. The second-order valence-electron chi connectivity index (χ2n) is 6.23. The van der Waals surface area contributed by atoms with Crippen molar-refractivity contribution in [2.24, 2.45) is 0 Å². The van der Waals surface area contributed by atoms with Crippen LogP contribution in [0.2, 0.25) is 0 Å². The lowest BCUT2D eigenvalue weighted by molar-refractivity contribution is -0.141. The van der Waals surface area contributed by atoms with Crippen LogP contribution in [-0.4, -0.2) is 18.5 Å². The molecule has 148 valence electrons. The molecule has 0 N–H and O–H groups in total. The minimum atomic E-state index is -0.590. The molecule has 0 heterocycles. The summed E-state index contributed by atoms with van der Waals surface area (Å²) in [7, 11) is 0. The Morgan fingerprint density at radius 1 is 0.786 bits per heavy atom. The average molecular weight is 382 g/mol. The summed E-state index contributed by atoms with van der Waals surface area (Å²) in [6, 6.07) is 16.7. The lowest BCUT2D eigenvalue weighted by Gasteiger charge is -2.07. The van der Waals surface area contributed by atoms with E-state index in [1.807, 2.05) is 54.6 Å². The first-order chi connectivity index (χ1) is 13.7. The monoisotopic (exact) mass is 382 g/mol. The predicted octanol–water partition coefficient (Wildman–Crippen LogP) is 5.20. The zero-order valence-electron chi connectivity index (χ0n) is 16.1. The van der Waals surface area contributed by atoms with Crippen molar-refractivity contribution in [3.8, 4) is 11.5 Å². The highest BCUT2D eigenvalue weighted by Crippen LogP contribution is 2.21. The van der Waals surface area contributed by atoms with E-state index in [1.165, 1.54) is 0 Å². The van der Waals surface area contributed by atoms with Crippen molar-refractivity contribution in [3.05, 3.63) is 72.3 Å². The third-order valence-corrected chi connectivity index (χ3v) is 3.88. The van der Waals surface area contributed by atoms with E-state index < -0.39 is 11.9 Å². The van der Waals surface area contributed by atoms with Crippen LogP contribution in [0.1, 0.15) is 38.2 Å². The van der Waals surface area contributed by atoms with Gasteiger partial charge < -0.3 is 14.2 Å². The minimum absolute atomic E-state index is 0.112. The number of rotatable bonds is 11. The van der Waals surface area contributed by atoms with Gasteiger partial charge in [-0.2, -0.15) is 0 Å². The molecule has 2 aromatic carbocycles. The van der Waals surface area contributed by atoms with Crippen LogP contribution in [-0.2, 0) is 25.7 Å². The van der Waals surface area contributed by atoms with E-state index in [0.29, 0.717) is 12.4 Å². The van der Waals surface area contributed by atoms with Gasteiger partial charge in [-0.3, -0.25) is 0 Å². The van der Waals surface area contributed by atoms with Crippen LogP contribution in [0.5, 0.6) is 11.5 Å². The molecule has 0 amide bonds. The molecule has 0 unspecified atom stereocenters. The van der Waals surface area contributed by atoms with Gasteiger partial charge in [-0.1, -0.05) is 56.5 Å². The van der Waals surface area contributed by atoms with E-state index in [2.05, 4.69) is 6.92 Å². The Labute approximate surface area is 165 Å². The predicted molar refractivity (Wildman–Crippen MR) is 107 cm³/mol. The van der Waals surface area contributed by atoms with E-state index in [-0.39, 0.29) is 6.61 Å². The number of unbranched alkanes of at least 4 members (excludes halogenated alkanes) is 3. The number of benzene rings is 2. The molecule has 0 saturated heterocycles. The van der Waals surface area contributed by atoms with Crippen LogP contribution in [0.3, 0.4) is 0 Å². The Morgan fingerprint density at radius 2 is 1.43 bits per heavy atom. The summed E-state index contributed by atoms with van der Waals surface area (Å²) >= 11 is 0. The van der Waals surface area contributed by atoms with Crippen molar-refractivity contribution in [1.82, 2.24) is 0 Å². The van der Waals surface area contributed by atoms with Crippen molar-refractivity contribution >= 4 is 11.9 Å². The third-order valence-electron chi connectivity index (χ3n) is 3.88. The van der Waals surface area contributed by atoms with Gasteiger partial charge in [0.05, 0.1) is 6.61 Å². The maximum atomic E-state index is 11.7. The fourth-order valence-electron chi connectivity index (χ4n) is 2.37. The molecule has 0 aliphatic rings. The quantitative estimate of drug-likeness (QED) is 0.304. The number of para-hydroxylation sites is 1. The van der Waals surface area contributed by atoms with Crippen LogP contribution in [0.15, 0.2) is 66.7 Å². The smallest absolute Gasteiger partial charge is 0.331 e. The molecule has 0 aliphatic heterocycles. The molecule has 0 saturated carbocycles. The Morgan fingerprint density at radius 3 is 2.11 bits per heavy atom. The normalized spacial score (nSPS) is 10.6. The SMILES string of the molecule is CCCCCCOC(=O)/C=C/C(=O)OCc1ccc(Oc2ccccc2)cc1. The summed E-state index contributed by atoms with van der Waals surface area (Å²) in [5.41, 5.74) is 0.820. The van der Waals surface area contributed by atoms with E-state index >= 15 is 0 Å². The summed E-state index contributed by atoms with van der Waals surface area (Å²) in [5.74, 6) is 0.329. The first-order valence-corrected chi connectivity index (χ1v) is 9.51. The molecular weight excluding hydrogens is 356 g/mol. The Bertz CT molecular complexity index is 750. The number of carbonyl (C=O) groups is 2. The molecule has 5 heteroatoms. The molecule has 5 nitrogen and oxygen atoms in total. The van der Waals surface area contributed by atoms with Gasteiger partial charge in [-0.05, 0) is 36.2 Å². The Kier molecular flexibility index (Phi) is 9.35. The van der Waals surface area contributed by atoms with Gasteiger partial charge in [0.15, 0.2) is 0 Å². The highest BCUT2D eigenvalue weighted by atomic mass is 16.5. The second-order valence-corrected chi connectivity index (χ2v) is 6.23. The summed E-state index contributed by atoms with van der Waals surface area (Å²) in [6.45, 7) is 2.60. The van der Waals surface area contributed by atoms with Gasteiger partial charge in [0.25, 0.3) is 0 Å². The zero-order chi connectivity index (χ0) is 20.0. The molecule has 0 atom stereocenters. The van der Waals surface area contributed by atoms with Gasteiger partial charge in [0.2, 0.25) is 0 Å². The fraction of sp³-hybridized carbons (Fsp3) is 0.304.